The van der Waals surface area contributed by atoms with E-state index in [4.69, 9.17) is 10.5 Å². The Morgan fingerprint density at radius 1 is 1.08 bits per heavy atom. The topological polar surface area (TPSA) is 146 Å². The molecule has 3 rings (SSSR count). The Labute approximate surface area is 229 Å². The van der Waals surface area contributed by atoms with Gasteiger partial charge in [-0.1, -0.05) is 56.3 Å². The average Bonchev–Trinajstić information content (AvgIpc) is 3.13. The fraction of sp³-hybridized carbons (Fsp3) is 0.448. The quantitative estimate of drug-likeness (QED) is 0.308. The summed E-state index contributed by atoms with van der Waals surface area (Å²) in [4.78, 5) is 44.1. The molecule has 0 unspecified atom stereocenters. The number of nitrogens with one attached hydrogen (secondary N) is 2. The second kappa shape index (κ2) is 13.1. The second-order valence-electron chi connectivity index (χ2n) is 10.4. The number of rotatable bonds is 13. The van der Waals surface area contributed by atoms with Gasteiger partial charge in [-0.15, -0.1) is 0 Å². The number of benzene rings is 2. The molecule has 2 aromatic carbocycles. The van der Waals surface area contributed by atoms with Crippen LogP contribution in [0.3, 0.4) is 0 Å². The predicted molar refractivity (Wildman–Crippen MR) is 149 cm³/mol. The number of nitrogens with two attached hydrogens (primary N) is 1. The van der Waals surface area contributed by atoms with Crippen LogP contribution < -0.4 is 21.1 Å². The van der Waals surface area contributed by atoms with Gasteiger partial charge in [0.05, 0.1) is 7.11 Å². The summed E-state index contributed by atoms with van der Waals surface area (Å²) in [7, 11) is 1.56. The molecule has 1 aliphatic heterocycles. The number of aliphatic imine (C=N–C) groups is 1. The molecule has 0 aliphatic carbocycles. The van der Waals surface area contributed by atoms with Crippen molar-refractivity contribution in [2.75, 3.05) is 13.7 Å². The maximum Gasteiger partial charge on any atom is 0.405 e. The van der Waals surface area contributed by atoms with Crippen molar-refractivity contribution >= 4 is 23.9 Å². The summed E-state index contributed by atoms with van der Waals surface area (Å²) in [6.45, 7) is 6.32. The molecule has 0 radical (unpaired) electrons. The molecule has 1 aliphatic rings. The van der Waals surface area contributed by atoms with E-state index in [1.807, 2.05) is 37.3 Å². The third-order valence-corrected chi connectivity index (χ3v) is 6.76. The van der Waals surface area contributed by atoms with Gasteiger partial charge in [-0.05, 0) is 55.4 Å². The first kappa shape index (κ1) is 29.5. The molecule has 10 heteroatoms. The van der Waals surface area contributed by atoms with Gasteiger partial charge in [0.25, 0.3) is 5.91 Å². The van der Waals surface area contributed by atoms with Gasteiger partial charge in [-0.25, -0.2) is 9.79 Å². The van der Waals surface area contributed by atoms with Gasteiger partial charge in [0.1, 0.15) is 11.8 Å². The number of hydrogen-bond donors (Lipinski definition) is 4. The van der Waals surface area contributed by atoms with E-state index in [1.165, 1.54) is 4.90 Å². The van der Waals surface area contributed by atoms with Crippen molar-refractivity contribution in [2.45, 2.75) is 64.1 Å². The minimum Gasteiger partial charge on any atom is -0.497 e. The Hall–Kier alpha value is -4.08. The van der Waals surface area contributed by atoms with E-state index in [2.05, 4.69) is 29.5 Å². The minimum absolute atomic E-state index is 0.137. The first-order chi connectivity index (χ1) is 18.6. The maximum absolute atomic E-state index is 13.6. The molecule has 5 N–H and O–H groups in total. The van der Waals surface area contributed by atoms with Gasteiger partial charge < -0.3 is 26.2 Å². The molecule has 210 valence electrons. The minimum atomic E-state index is -1.28. The monoisotopic (exact) mass is 537 g/mol. The highest BCUT2D eigenvalue weighted by atomic mass is 16.5. The first-order valence-corrected chi connectivity index (χ1v) is 13.2. The van der Waals surface area contributed by atoms with E-state index >= 15 is 0 Å². The summed E-state index contributed by atoms with van der Waals surface area (Å²) >= 11 is 0. The molecule has 39 heavy (non-hydrogen) atoms. The number of amides is 3. The van der Waals surface area contributed by atoms with Crippen molar-refractivity contribution in [1.29, 1.82) is 0 Å². The highest BCUT2D eigenvalue weighted by Crippen LogP contribution is 2.38. The summed E-state index contributed by atoms with van der Waals surface area (Å²) in [5.41, 5.74) is 6.83. The van der Waals surface area contributed by atoms with E-state index in [-0.39, 0.29) is 30.2 Å². The fourth-order valence-electron chi connectivity index (χ4n) is 4.92. The van der Waals surface area contributed by atoms with Crippen molar-refractivity contribution < 1.29 is 24.2 Å². The summed E-state index contributed by atoms with van der Waals surface area (Å²) in [5.74, 6) is 0.547. The SMILES string of the molecule is COc1ccc(C[C@H](NC(=O)O)C(=O)N[C@@H](C)CCCN2C(=O)[C@@](CC(C)C)(c3ccccc3)N=C2N)cc1. The van der Waals surface area contributed by atoms with Gasteiger partial charge in [-0.2, -0.15) is 0 Å². The van der Waals surface area contributed by atoms with Crippen molar-refractivity contribution in [1.82, 2.24) is 15.5 Å². The number of carboxylic acid groups (broad SMARTS) is 1. The Balaban J connectivity index is 1.59. The lowest BCUT2D eigenvalue weighted by atomic mass is 9.82. The van der Waals surface area contributed by atoms with Gasteiger partial charge in [0.15, 0.2) is 11.5 Å². The third-order valence-electron chi connectivity index (χ3n) is 6.76. The number of carbonyl (C=O) groups excluding carboxylic acids is 2. The Kier molecular flexibility index (Phi) is 9.92. The van der Waals surface area contributed by atoms with Crippen molar-refractivity contribution in [2.24, 2.45) is 16.6 Å². The van der Waals surface area contributed by atoms with E-state index in [1.54, 1.807) is 31.4 Å². The molecule has 1 heterocycles. The zero-order valence-corrected chi connectivity index (χ0v) is 23.0. The third kappa shape index (κ3) is 7.49. The molecule has 0 spiro atoms. The lowest BCUT2D eigenvalue weighted by Crippen LogP contribution is -2.50. The summed E-state index contributed by atoms with van der Waals surface area (Å²) in [5, 5.41) is 14.4. The summed E-state index contributed by atoms with van der Waals surface area (Å²) in [6, 6.07) is 15.4. The molecule has 2 aromatic rings. The smallest absolute Gasteiger partial charge is 0.405 e. The number of nitrogens with zero attached hydrogens (tertiary/aromatic N) is 2. The molecule has 3 atom stereocenters. The Morgan fingerprint density at radius 3 is 2.33 bits per heavy atom. The van der Waals surface area contributed by atoms with Crippen LogP contribution in [0.4, 0.5) is 4.79 Å². The lowest BCUT2D eigenvalue weighted by molar-refractivity contribution is -0.132. The Morgan fingerprint density at radius 2 is 1.74 bits per heavy atom. The van der Waals surface area contributed by atoms with E-state index in [0.717, 1.165) is 11.1 Å². The molecular weight excluding hydrogens is 498 g/mol. The lowest BCUT2D eigenvalue weighted by Gasteiger charge is -2.28. The molecule has 0 fully saturated rings. The first-order valence-electron chi connectivity index (χ1n) is 13.2. The highest BCUT2D eigenvalue weighted by molar-refractivity contribution is 6.07. The molecule has 0 aromatic heterocycles. The molecule has 0 saturated heterocycles. The molecule has 0 saturated carbocycles. The number of guanidine groups is 1. The van der Waals surface area contributed by atoms with E-state index < -0.39 is 23.6 Å². The molecule has 3 amide bonds. The summed E-state index contributed by atoms with van der Waals surface area (Å²) in [6.07, 6.45) is 0.605. The van der Waals surface area contributed by atoms with Crippen LogP contribution >= 0.6 is 0 Å². The van der Waals surface area contributed by atoms with Crippen LogP contribution in [0, 0.1) is 5.92 Å². The Bertz CT molecular complexity index is 1170. The number of hydrogen-bond acceptors (Lipinski definition) is 6. The van der Waals surface area contributed by atoms with Crippen LogP contribution in [0.1, 0.15) is 51.2 Å². The van der Waals surface area contributed by atoms with E-state index in [0.29, 0.717) is 31.6 Å². The van der Waals surface area contributed by atoms with Crippen molar-refractivity contribution in [3.05, 3.63) is 65.7 Å². The van der Waals surface area contributed by atoms with Crippen LogP contribution in [0.5, 0.6) is 5.75 Å². The van der Waals surface area contributed by atoms with Gasteiger partial charge in [0.2, 0.25) is 5.91 Å². The second-order valence-corrected chi connectivity index (χ2v) is 10.4. The number of carbonyl (C=O) groups is 3. The van der Waals surface area contributed by atoms with Crippen LogP contribution in [0.15, 0.2) is 59.6 Å². The predicted octanol–water partition coefficient (Wildman–Crippen LogP) is 3.26. The van der Waals surface area contributed by atoms with Gasteiger partial charge in [-0.3, -0.25) is 14.5 Å². The van der Waals surface area contributed by atoms with Crippen LogP contribution in [0.2, 0.25) is 0 Å². The standard InChI is InChI=1S/C29H39N5O5/c1-19(2)18-29(22-10-6-5-7-11-22)26(36)34(27(30)33-29)16-8-9-20(3)31-25(35)24(32-28(37)38)17-21-12-14-23(39-4)15-13-21/h5-7,10-15,19-20,24,32H,8-9,16-18H2,1-4H3,(H2,30,33)(H,31,35)(H,37,38)/t20-,24-,29+/m0/s1. The van der Waals surface area contributed by atoms with E-state index in [9.17, 15) is 19.5 Å². The maximum atomic E-state index is 13.6. The van der Waals surface area contributed by atoms with Crippen LogP contribution in [-0.2, 0) is 21.5 Å². The summed E-state index contributed by atoms with van der Waals surface area (Å²) < 4.78 is 5.15. The molecule has 0 bridgehead atoms. The average molecular weight is 538 g/mol. The van der Waals surface area contributed by atoms with Crippen LogP contribution in [-0.4, -0.2) is 59.6 Å². The fourth-order valence-corrected chi connectivity index (χ4v) is 4.92. The normalized spacial score (nSPS) is 18.4. The number of ether oxygens (including phenoxy) is 1. The highest BCUT2D eigenvalue weighted by Gasteiger charge is 2.49. The zero-order chi connectivity index (χ0) is 28.6. The van der Waals surface area contributed by atoms with Gasteiger partial charge in [0, 0.05) is 19.0 Å². The van der Waals surface area contributed by atoms with Crippen molar-refractivity contribution in [3.8, 4) is 5.75 Å². The largest absolute Gasteiger partial charge is 0.497 e. The molecule has 10 nitrogen and oxygen atoms in total. The van der Waals surface area contributed by atoms with Crippen molar-refractivity contribution in [3.63, 3.8) is 0 Å². The molecular formula is C29H39N5O5. The van der Waals surface area contributed by atoms with Crippen LogP contribution in [0.25, 0.3) is 0 Å². The zero-order valence-electron chi connectivity index (χ0n) is 23.0. The van der Waals surface area contributed by atoms with Gasteiger partial charge >= 0.3 is 6.09 Å². The number of methoxy groups -OCH3 is 1.